The van der Waals surface area contributed by atoms with Gasteiger partial charge in [0, 0.05) is 17.4 Å². The first kappa shape index (κ1) is 24.6. The number of carboxylic acids is 1. The van der Waals surface area contributed by atoms with Crippen LogP contribution >= 0.6 is 0 Å². The van der Waals surface area contributed by atoms with Crippen molar-refractivity contribution in [2.75, 3.05) is 17.7 Å². The van der Waals surface area contributed by atoms with Crippen molar-refractivity contribution in [3.63, 3.8) is 0 Å². The molecule has 0 aliphatic heterocycles. The second-order valence-corrected chi connectivity index (χ2v) is 7.83. The summed E-state index contributed by atoms with van der Waals surface area (Å²) in [6, 6.07) is 17.9. The van der Waals surface area contributed by atoms with E-state index in [2.05, 4.69) is 25.3 Å². The Morgan fingerprint density at radius 1 is 0.906 bits per heavy atom. The highest BCUT2D eigenvalue weighted by Crippen LogP contribution is 2.21. The van der Waals surface area contributed by atoms with Crippen LogP contribution in [0.5, 0.6) is 0 Å². The topological polar surface area (TPSA) is 133 Å². The van der Waals surface area contributed by atoms with E-state index in [9.17, 15) is 21.6 Å². The van der Waals surface area contributed by atoms with Gasteiger partial charge in [-0.05, 0) is 37.4 Å². The molecule has 4 N–H and O–H groups in total. The van der Waals surface area contributed by atoms with Crippen LogP contribution in [0.25, 0.3) is 0 Å². The molecule has 0 amide bonds. The number of halogens is 3. The fraction of sp³-hybridized carbons (Fsp3) is 0.105. The van der Waals surface area contributed by atoms with Crippen LogP contribution in [-0.4, -0.2) is 42.7 Å². The van der Waals surface area contributed by atoms with Gasteiger partial charge in [-0.15, -0.1) is 0 Å². The Hall–Kier alpha value is -3.71. The van der Waals surface area contributed by atoms with Gasteiger partial charge in [0.15, 0.2) is 0 Å². The number of para-hydroxylation sites is 1. The monoisotopic (exact) mass is 469 g/mol. The van der Waals surface area contributed by atoms with Crippen LogP contribution in [0.15, 0.2) is 71.9 Å². The summed E-state index contributed by atoms with van der Waals surface area (Å²) >= 11 is 0. The lowest BCUT2D eigenvalue weighted by atomic mass is 10.3. The third-order valence-corrected chi connectivity index (χ3v) is 5.05. The minimum atomic E-state index is -5.08. The zero-order valence-electron chi connectivity index (χ0n) is 16.5. The van der Waals surface area contributed by atoms with Crippen LogP contribution < -0.4 is 15.4 Å². The number of benzene rings is 2. The van der Waals surface area contributed by atoms with Crippen molar-refractivity contribution in [1.82, 2.24) is 14.7 Å². The van der Waals surface area contributed by atoms with Crippen LogP contribution in [0, 0.1) is 0 Å². The largest absolute Gasteiger partial charge is 0.490 e. The average molecular weight is 469 g/mol. The Balaban J connectivity index is 0.000000451. The quantitative estimate of drug-likeness (QED) is 0.431. The summed E-state index contributed by atoms with van der Waals surface area (Å²) in [6.45, 7) is 0. The molecule has 2 aromatic carbocycles. The number of hydrogen-bond acceptors (Lipinski definition) is 7. The average Bonchev–Trinajstić information content (AvgIpc) is 2.75. The van der Waals surface area contributed by atoms with Gasteiger partial charge in [0.1, 0.15) is 18.0 Å². The van der Waals surface area contributed by atoms with Crippen molar-refractivity contribution in [3.8, 4) is 0 Å². The summed E-state index contributed by atoms with van der Waals surface area (Å²) in [5.41, 5.74) is 1.52. The zero-order chi connectivity index (χ0) is 23.8. The minimum absolute atomic E-state index is 0.177. The molecule has 0 atom stereocenters. The van der Waals surface area contributed by atoms with Crippen LogP contribution in [0.1, 0.15) is 0 Å². The predicted octanol–water partition coefficient (Wildman–Crippen LogP) is 3.51. The van der Waals surface area contributed by atoms with Gasteiger partial charge in [-0.2, -0.15) is 13.2 Å². The molecule has 170 valence electrons. The fourth-order valence-electron chi connectivity index (χ4n) is 2.17. The Morgan fingerprint density at radius 2 is 1.44 bits per heavy atom. The maximum atomic E-state index is 11.9. The molecule has 32 heavy (non-hydrogen) atoms. The van der Waals surface area contributed by atoms with Crippen LogP contribution in [0.4, 0.5) is 36.2 Å². The van der Waals surface area contributed by atoms with Crippen molar-refractivity contribution >= 4 is 39.0 Å². The summed E-state index contributed by atoms with van der Waals surface area (Å²) in [5.74, 6) is -1.58. The molecule has 0 saturated carbocycles. The molecule has 0 aliphatic carbocycles. The molecule has 13 heteroatoms. The molecule has 0 radical (unpaired) electrons. The molecule has 0 aliphatic rings. The van der Waals surface area contributed by atoms with Gasteiger partial charge < -0.3 is 15.7 Å². The molecular formula is C19H18F3N5O4S. The van der Waals surface area contributed by atoms with Gasteiger partial charge in [0.25, 0.3) is 0 Å². The number of nitrogens with zero attached hydrogens (tertiary/aromatic N) is 2. The normalized spacial score (nSPS) is 11.1. The molecule has 1 heterocycles. The van der Waals surface area contributed by atoms with E-state index < -0.39 is 22.2 Å². The number of carboxylic acid groups (broad SMARTS) is 1. The molecule has 0 saturated heterocycles. The molecule has 0 fully saturated rings. The summed E-state index contributed by atoms with van der Waals surface area (Å²) in [4.78, 5) is 17.4. The molecule has 0 bridgehead atoms. The van der Waals surface area contributed by atoms with Crippen LogP contribution in [0.3, 0.4) is 0 Å². The number of hydrogen-bond donors (Lipinski definition) is 4. The van der Waals surface area contributed by atoms with Crippen LogP contribution in [-0.2, 0) is 14.8 Å². The first-order chi connectivity index (χ1) is 15.0. The number of aromatic nitrogens is 2. The second kappa shape index (κ2) is 10.5. The SMILES string of the molecule is CNS(=O)(=O)c1cccc(Nc2cc(Nc3ccccc3)ncn2)c1.O=C(O)C(F)(F)F. The Kier molecular flexibility index (Phi) is 8.09. The number of sulfonamides is 1. The van der Waals surface area contributed by atoms with Crippen molar-refractivity contribution < 1.29 is 31.5 Å². The standard InChI is InChI=1S/C17H17N5O2S.C2HF3O2/c1-18-25(23,24)15-9-5-8-14(10-15)22-17-11-16(19-12-20-17)21-13-6-3-2-4-7-13;3-2(4,5)1(6)7/h2-12,18H,1H3,(H2,19,20,21,22);(H,6,7). The maximum absolute atomic E-state index is 11.9. The molecule has 0 spiro atoms. The van der Waals surface area contributed by atoms with Gasteiger partial charge in [0.2, 0.25) is 10.0 Å². The third-order valence-electron chi connectivity index (χ3n) is 3.64. The number of nitrogens with one attached hydrogen (secondary N) is 3. The lowest BCUT2D eigenvalue weighted by molar-refractivity contribution is -0.192. The van der Waals surface area contributed by atoms with Crippen molar-refractivity contribution in [2.24, 2.45) is 0 Å². The first-order valence-electron chi connectivity index (χ1n) is 8.76. The number of carbonyl (C=O) groups is 1. The predicted molar refractivity (Wildman–Crippen MR) is 111 cm³/mol. The number of anilines is 4. The van der Waals surface area contributed by atoms with Gasteiger partial charge >= 0.3 is 12.1 Å². The Labute approximate surface area is 181 Å². The second-order valence-electron chi connectivity index (χ2n) is 5.94. The summed E-state index contributed by atoms with van der Waals surface area (Å²) in [7, 11) is -2.12. The number of alkyl halides is 3. The van der Waals surface area contributed by atoms with Crippen molar-refractivity contribution in [1.29, 1.82) is 0 Å². The molecule has 9 nitrogen and oxygen atoms in total. The van der Waals surface area contributed by atoms with E-state index in [0.717, 1.165) is 5.69 Å². The Bertz CT molecular complexity index is 1160. The number of aliphatic carboxylic acids is 1. The van der Waals surface area contributed by atoms with E-state index in [1.807, 2.05) is 30.3 Å². The van der Waals surface area contributed by atoms with Gasteiger partial charge in [-0.3, -0.25) is 0 Å². The molecular weight excluding hydrogens is 451 g/mol. The number of rotatable bonds is 6. The minimum Gasteiger partial charge on any atom is -0.475 e. The van der Waals surface area contributed by atoms with E-state index in [1.165, 1.54) is 25.5 Å². The molecule has 0 unspecified atom stereocenters. The maximum Gasteiger partial charge on any atom is 0.490 e. The lowest BCUT2D eigenvalue weighted by Gasteiger charge is -2.10. The fourth-order valence-corrected chi connectivity index (χ4v) is 2.95. The highest BCUT2D eigenvalue weighted by molar-refractivity contribution is 7.89. The van der Waals surface area contributed by atoms with Gasteiger partial charge in [-0.1, -0.05) is 24.3 Å². The molecule has 1 aromatic heterocycles. The van der Waals surface area contributed by atoms with E-state index in [1.54, 1.807) is 18.2 Å². The van der Waals surface area contributed by atoms with Gasteiger partial charge in [-0.25, -0.2) is 27.9 Å². The smallest absolute Gasteiger partial charge is 0.475 e. The van der Waals surface area contributed by atoms with E-state index in [-0.39, 0.29) is 4.90 Å². The van der Waals surface area contributed by atoms with Crippen molar-refractivity contribution in [2.45, 2.75) is 11.1 Å². The highest BCUT2D eigenvalue weighted by Gasteiger charge is 2.38. The summed E-state index contributed by atoms with van der Waals surface area (Å²) < 4.78 is 57.8. The lowest BCUT2D eigenvalue weighted by Crippen LogP contribution is -2.21. The van der Waals surface area contributed by atoms with Gasteiger partial charge in [0.05, 0.1) is 4.90 Å². The van der Waals surface area contributed by atoms with E-state index >= 15 is 0 Å². The van der Waals surface area contributed by atoms with Crippen LogP contribution in [0.2, 0.25) is 0 Å². The summed E-state index contributed by atoms with van der Waals surface area (Å²) in [5, 5.41) is 13.4. The molecule has 3 aromatic rings. The zero-order valence-corrected chi connectivity index (χ0v) is 17.3. The third kappa shape index (κ3) is 7.52. The summed E-state index contributed by atoms with van der Waals surface area (Å²) in [6.07, 6.45) is -3.65. The van der Waals surface area contributed by atoms with Crippen molar-refractivity contribution in [3.05, 3.63) is 67.0 Å². The van der Waals surface area contributed by atoms with E-state index in [4.69, 9.17) is 9.90 Å². The molecule has 3 rings (SSSR count). The highest BCUT2D eigenvalue weighted by atomic mass is 32.2. The Morgan fingerprint density at radius 3 is 1.97 bits per heavy atom. The van der Waals surface area contributed by atoms with E-state index in [0.29, 0.717) is 17.3 Å². The first-order valence-corrected chi connectivity index (χ1v) is 10.2.